The molecule has 0 aliphatic carbocycles. The molecule has 1 aliphatic heterocycles. The number of anilines is 1. The van der Waals surface area contributed by atoms with E-state index in [1.165, 1.54) is 5.57 Å². The number of nitrogens with zero attached hydrogens (tertiary/aromatic N) is 2. The van der Waals surface area contributed by atoms with Gasteiger partial charge < -0.3 is 15.2 Å². The van der Waals surface area contributed by atoms with Crippen molar-refractivity contribution in [2.75, 3.05) is 18.4 Å². The monoisotopic (exact) mass is 218 g/mol. The predicted octanol–water partition coefficient (Wildman–Crippen LogP) is 1.38. The van der Waals surface area contributed by atoms with Gasteiger partial charge in [0.2, 0.25) is 5.88 Å². The Labute approximate surface area is 94.1 Å². The summed E-state index contributed by atoms with van der Waals surface area (Å²) in [6.45, 7) is 3.32. The van der Waals surface area contributed by atoms with Gasteiger partial charge in [0, 0.05) is 6.04 Å². The molecule has 0 bridgehead atoms. The maximum atomic E-state index is 8.52. The van der Waals surface area contributed by atoms with Gasteiger partial charge in [0.25, 0.3) is 0 Å². The first kappa shape index (κ1) is 10.7. The van der Waals surface area contributed by atoms with Crippen LogP contribution in [-0.2, 0) is 0 Å². The third kappa shape index (κ3) is 2.07. The summed E-state index contributed by atoms with van der Waals surface area (Å²) in [4.78, 5) is 0. The summed E-state index contributed by atoms with van der Waals surface area (Å²) in [5, 5.41) is 18.6. The van der Waals surface area contributed by atoms with Gasteiger partial charge in [-0.1, -0.05) is 11.2 Å². The van der Waals surface area contributed by atoms with Crippen LogP contribution < -0.4 is 10.6 Å². The zero-order valence-corrected chi connectivity index (χ0v) is 9.16. The summed E-state index contributed by atoms with van der Waals surface area (Å²) in [5.74, 6) is 0.573. The van der Waals surface area contributed by atoms with Crippen molar-refractivity contribution >= 4 is 11.5 Å². The zero-order chi connectivity index (χ0) is 11.4. The van der Waals surface area contributed by atoms with Gasteiger partial charge in [-0.15, -0.1) is 0 Å². The average Bonchev–Trinajstić information content (AvgIpc) is 2.75. The van der Waals surface area contributed by atoms with Gasteiger partial charge in [0.05, 0.1) is 17.8 Å². The Morgan fingerprint density at radius 3 is 3.38 bits per heavy atom. The molecule has 1 aromatic rings. The number of hydrogen-bond donors (Lipinski definition) is 2. The molecular weight excluding hydrogens is 204 g/mol. The van der Waals surface area contributed by atoms with Gasteiger partial charge in [-0.05, 0) is 25.5 Å². The lowest BCUT2D eigenvalue weighted by molar-refractivity contribution is 0.433. The molecule has 16 heavy (non-hydrogen) atoms. The van der Waals surface area contributed by atoms with Crippen molar-refractivity contribution in [3.8, 4) is 6.07 Å². The van der Waals surface area contributed by atoms with E-state index < -0.39 is 0 Å². The molecule has 0 amide bonds. The van der Waals surface area contributed by atoms with Crippen LogP contribution in [0.3, 0.4) is 0 Å². The van der Waals surface area contributed by atoms with Crippen molar-refractivity contribution < 1.29 is 4.52 Å². The Hall–Kier alpha value is -1.80. The van der Waals surface area contributed by atoms with E-state index in [4.69, 9.17) is 9.78 Å². The van der Waals surface area contributed by atoms with Crippen LogP contribution in [0, 0.1) is 11.3 Å². The van der Waals surface area contributed by atoms with E-state index in [1.807, 2.05) is 6.07 Å². The molecular formula is C11H14N4O. The van der Waals surface area contributed by atoms with Crippen molar-refractivity contribution in [3.63, 3.8) is 0 Å². The molecule has 0 radical (unpaired) electrons. The number of nitriles is 1. The highest BCUT2D eigenvalue weighted by Crippen LogP contribution is 2.28. The topological polar surface area (TPSA) is 73.9 Å². The first-order chi connectivity index (χ1) is 7.83. The molecule has 5 heteroatoms. The Kier molecular flexibility index (Phi) is 3.22. The van der Waals surface area contributed by atoms with Crippen LogP contribution in [0.5, 0.6) is 0 Å². The molecule has 0 saturated carbocycles. The highest BCUT2D eigenvalue weighted by atomic mass is 16.5. The number of nitrogens with one attached hydrogen (secondary N) is 2. The van der Waals surface area contributed by atoms with Crippen LogP contribution in [0.15, 0.2) is 16.8 Å². The van der Waals surface area contributed by atoms with Gasteiger partial charge in [-0.25, -0.2) is 0 Å². The predicted molar refractivity (Wildman–Crippen MR) is 60.7 cm³/mol. The molecule has 2 heterocycles. The van der Waals surface area contributed by atoms with Crippen LogP contribution in [0.25, 0.3) is 5.57 Å². The van der Waals surface area contributed by atoms with Crippen molar-refractivity contribution in [2.24, 2.45) is 0 Å². The second-order valence-electron chi connectivity index (χ2n) is 3.70. The summed E-state index contributed by atoms with van der Waals surface area (Å²) in [6.07, 6.45) is 4.88. The number of aromatic nitrogens is 1. The maximum absolute atomic E-state index is 8.52. The number of hydrogen-bond acceptors (Lipinski definition) is 5. The van der Waals surface area contributed by atoms with E-state index in [0.717, 1.165) is 18.5 Å². The smallest absolute Gasteiger partial charge is 0.233 e. The average molecular weight is 218 g/mol. The summed E-state index contributed by atoms with van der Waals surface area (Å²) in [7, 11) is 0. The lowest BCUT2D eigenvalue weighted by Crippen LogP contribution is -2.31. The van der Waals surface area contributed by atoms with Gasteiger partial charge >= 0.3 is 0 Å². The lowest BCUT2D eigenvalue weighted by Gasteiger charge is -2.21. The van der Waals surface area contributed by atoms with E-state index >= 15 is 0 Å². The van der Waals surface area contributed by atoms with Crippen LogP contribution in [0.4, 0.5) is 5.88 Å². The van der Waals surface area contributed by atoms with E-state index in [0.29, 0.717) is 5.88 Å². The minimum absolute atomic E-state index is 0.220. The highest BCUT2D eigenvalue weighted by Gasteiger charge is 2.19. The normalized spacial score (nSPS) is 20.0. The van der Waals surface area contributed by atoms with Crippen LogP contribution in [0.2, 0.25) is 0 Å². The molecule has 0 aromatic carbocycles. The molecule has 1 atom stereocenters. The first-order valence-corrected chi connectivity index (χ1v) is 5.32. The van der Waals surface area contributed by atoms with E-state index in [-0.39, 0.29) is 12.6 Å². The first-order valence-electron chi connectivity index (χ1n) is 5.32. The molecule has 0 saturated heterocycles. The third-order valence-corrected chi connectivity index (χ3v) is 2.64. The second kappa shape index (κ2) is 4.81. The fourth-order valence-electron chi connectivity index (χ4n) is 1.85. The Balaban J connectivity index is 2.23. The summed E-state index contributed by atoms with van der Waals surface area (Å²) >= 11 is 0. The molecule has 1 unspecified atom stereocenters. The third-order valence-electron chi connectivity index (χ3n) is 2.64. The Morgan fingerprint density at radius 1 is 1.75 bits per heavy atom. The second-order valence-corrected chi connectivity index (χ2v) is 3.70. The fourth-order valence-corrected chi connectivity index (χ4v) is 1.85. The zero-order valence-electron chi connectivity index (χ0n) is 9.16. The summed E-state index contributed by atoms with van der Waals surface area (Å²) in [5.41, 5.74) is 2.11. The minimum atomic E-state index is 0.220. The van der Waals surface area contributed by atoms with Crippen molar-refractivity contribution in [2.45, 2.75) is 19.4 Å². The quantitative estimate of drug-likeness (QED) is 0.750. The van der Waals surface area contributed by atoms with Crippen LogP contribution >= 0.6 is 0 Å². The highest BCUT2D eigenvalue weighted by molar-refractivity contribution is 5.76. The van der Waals surface area contributed by atoms with Gasteiger partial charge in [0.1, 0.15) is 6.54 Å². The lowest BCUT2D eigenvalue weighted by atomic mass is 9.98. The molecule has 84 valence electrons. The van der Waals surface area contributed by atoms with Gasteiger partial charge in [-0.3, -0.25) is 0 Å². The van der Waals surface area contributed by atoms with E-state index in [9.17, 15) is 0 Å². The summed E-state index contributed by atoms with van der Waals surface area (Å²) in [6, 6.07) is 2.30. The fraction of sp³-hybridized carbons (Fsp3) is 0.455. The van der Waals surface area contributed by atoms with Crippen molar-refractivity contribution in [1.29, 1.82) is 5.26 Å². The minimum Gasteiger partial charge on any atom is -0.340 e. The van der Waals surface area contributed by atoms with Crippen molar-refractivity contribution in [1.82, 2.24) is 10.5 Å². The molecule has 1 aromatic heterocycles. The SMILES string of the molecule is CC1NCCC=C1c1cnoc1NCC#N. The van der Waals surface area contributed by atoms with Crippen LogP contribution in [-0.4, -0.2) is 24.3 Å². The van der Waals surface area contributed by atoms with E-state index in [1.54, 1.807) is 6.20 Å². The molecule has 1 aliphatic rings. The van der Waals surface area contributed by atoms with Gasteiger partial charge in [0.15, 0.2) is 0 Å². The largest absolute Gasteiger partial charge is 0.340 e. The van der Waals surface area contributed by atoms with Crippen molar-refractivity contribution in [3.05, 3.63) is 17.8 Å². The Morgan fingerprint density at radius 2 is 2.62 bits per heavy atom. The standard InChI is InChI=1S/C11H14N4O/c1-8-9(3-2-5-13-8)10-7-15-16-11(10)14-6-4-12/h3,7-8,13-14H,2,5-6H2,1H3. The molecule has 0 fully saturated rings. The van der Waals surface area contributed by atoms with E-state index in [2.05, 4.69) is 28.8 Å². The summed E-state index contributed by atoms with van der Waals surface area (Å²) < 4.78 is 5.09. The molecule has 5 nitrogen and oxygen atoms in total. The Bertz CT molecular complexity index is 429. The number of rotatable bonds is 3. The molecule has 2 rings (SSSR count). The molecule has 0 spiro atoms. The molecule has 2 N–H and O–H groups in total. The van der Waals surface area contributed by atoms with Gasteiger partial charge in [-0.2, -0.15) is 5.26 Å². The van der Waals surface area contributed by atoms with Crippen LogP contribution in [0.1, 0.15) is 18.9 Å². The maximum Gasteiger partial charge on any atom is 0.233 e.